The maximum absolute atomic E-state index is 13.3. The van der Waals surface area contributed by atoms with E-state index in [9.17, 15) is 4.39 Å². The maximum Gasteiger partial charge on any atom is 0.175 e. The van der Waals surface area contributed by atoms with Crippen LogP contribution in [0.3, 0.4) is 0 Å². The van der Waals surface area contributed by atoms with Crippen molar-refractivity contribution in [2.24, 2.45) is 0 Å². The van der Waals surface area contributed by atoms with Gasteiger partial charge in [0.1, 0.15) is 5.82 Å². The van der Waals surface area contributed by atoms with E-state index < -0.39 is 5.82 Å². The van der Waals surface area contributed by atoms with Gasteiger partial charge >= 0.3 is 0 Å². The molecule has 0 aliphatic heterocycles. The maximum atomic E-state index is 13.3. The summed E-state index contributed by atoms with van der Waals surface area (Å²) >= 11 is 23.4. The topological polar surface area (TPSA) is 41.9 Å². The van der Waals surface area contributed by atoms with E-state index in [1.807, 2.05) is 24.6 Å². The van der Waals surface area contributed by atoms with Crippen molar-refractivity contribution in [3.8, 4) is 0 Å². The molecule has 0 aliphatic carbocycles. The summed E-state index contributed by atoms with van der Waals surface area (Å²) in [5, 5.41) is 12.2. The highest BCUT2D eigenvalue weighted by Crippen LogP contribution is 2.25. The Morgan fingerprint density at radius 3 is 2.50 bits per heavy atom. The second-order valence-corrected chi connectivity index (χ2v) is 7.81. The Bertz CT molecular complexity index is 1050. The molecular weight excluding hydrogens is 442 g/mol. The van der Waals surface area contributed by atoms with Gasteiger partial charge in [-0.05, 0) is 62.0 Å². The van der Waals surface area contributed by atoms with E-state index >= 15 is 0 Å². The molecule has 1 heterocycles. The smallest absolute Gasteiger partial charge is 0.175 e. The largest absolute Gasteiger partial charge is 0.332 e. The lowest BCUT2D eigenvalue weighted by Gasteiger charge is -2.12. The first-order valence-electron chi connectivity index (χ1n) is 8.25. The first kappa shape index (κ1) is 20.9. The lowest BCUT2D eigenvalue weighted by atomic mass is 10.2. The Balaban J connectivity index is 1.75. The van der Waals surface area contributed by atoms with Crippen LogP contribution >= 0.6 is 47.0 Å². The SMILES string of the molecule is Cc1nn(Cc2ccc(Cl)cc2Cl)c(C)c1NC(=S)Nc1ccc(F)c(Cl)c1. The Hall–Kier alpha value is -1.86. The Labute approximate surface area is 182 Å². The molecule has 0 atom stereocenters. The third kappa shape index (κ3) is 4.75. The predicted molar refractivity (Wildman–Crippen MR) is 119 cm³/mol. The molecule has 1 aromatic heterocycles. The number of benzene rings is 2. The van der Waals surface area contributed by atoms with Crippen LogP contribution in [0.2, 0.25) is 15.1 Å². The van der Waals surface area contributed by atoms with Gasteiger partial charge in [0.2, 0.25) is 0 Å². The number of hydrogen-bond donors (Lipinski definition) is 2. The number of nitrogens with zero attached hydrogens (tertiary/aromatic N) is 2. The second kappa shape index (κ2) is 8.66. The summed E-state index contributed by atoms with van der Waals surface area (Å²) in [6.07, 6.45) is 0. The molecule has 0 amide bonds. The van der Waals surface area contributed by atoms with Crippen LogP contribution in [0.25, 0.3) is 0 Å². The fraction of sp³-hybridized carbons (Fsp3) is 0.158. The van der Waals surface area contributed by atoms with Crippen LogP contribution in [0.15, 0.2) is 36.4 Å². The summed E-state index contributed by atoms with van der Waals surface area (Å²) in [6, 6.07) is 9.67. The van der Waals surface area contributed by atoms with Crippen molar-refractivity contribution in [3.05, 3.63) is 74.2 Å². The molecular formula is C19H16Cl3FN4S. The van der Waals surface area contributed by atoms with Gasteiger partial charge in [-0.1, -0.05) is 40.9 Å². The summed E-state index contributed by atoms with van der Waals surface area (Å²) in [7, 11) is 0. The number of nitrogens with one attached hydrogen (secondary N) is 2. The Morgan fingerprint density at radius 1 is 1.07 bits per heavy atom. The molecule has 4 nitrogen and oxygen atoms in total. The zero-order valence-corrected chi connectivity index (χ0v) is 18.1. The van der Waals surface area contributed by atoms with Crippen molar-refractivity contribution in [2.75, 3.05) is 10.6 Å². The number of aryl methyl sites for hydroxylation is 1. The second-order valence-electron chi connectivity index (χ2n) is 6.15. The van der Waals surface area contributed by atoms with Crippen LogP contribution in [0, 0.1) is 19.7 Å². The zero-order valence-electron chi connectivity index (χ0n) is 15.0. The summed E-state index contributed by atoms with van der Waals surface area (Å²) in [5.41, 5.74) is 3.95. The molecule has 0 bridgehead atoms. The molecule has 3 aromatic rings. The molecule has 0 fully saturated rings. The van der Waals surface area contributed by atoms with Gasteiger partial charge in [0.25, 0.3) is 0 Å². The first-order chi connectivity index (χ1) is 13.2. The third-order valence-electron chi connectivity index (χ3n) is 4.13. The molecule has 0 unspecified atom stereocenters. The fourth-order valence-electron chi connectivity index (χ4n) is 2.69. The molecule has 0 aliphatic rings. The minimum atomic E-state index is -0.486. The van der Waals surface area contributed by atoms with E-state index in [1.54, 1.807) is 18.2 Å². The number of halogens is 4. The third-order valence-corrected chi connectivity index (χ3v) is 5.21. The van der Waals surface area contributed by atoms with Crippen molar-refractivity contribution in [2.45, 2.75) is 20.4 Å². The summed E-state index contributed by atoms with van der Waals surface area (Å²) in [4.78, 5) is 0. The fourth-order valence-corrected chi connectivity index (χ4v) is 3.56. The number of aromatic nitrogens is 2. The average Bonchev–Trinajstić information content (AvgIpc) is 2.88. The van der Waals surface area contributed by atoms with Gasteiger partial charge in [0.05, 0.1) is 28.6 Å². The van der Waals surface area contributed by atoms with Crippen LogP contribution < -0.4 is 10.6 Å². The number of rotatable bonds is 4. The normalized spacial score (nSPS) is 10.8. The van der Waals surface area contributed by atoms with Gasteiger partial charge in [-0.15, -0.1) is 0 Å². The molecule has 0 saturated carbocycles. The molecule has 0 spiro atoms. The van der Waals surface area contributed by atoms with Crippen molar-refractivity contribution >= 4 is 63.5 Å². The van der Waals surface area contributed by atoms with Crippen LogP contribution in [0.4, 0.5) is 15.8 Å². The molecule has 146 valence electrons. The summed E-state index contributed by atoms with van der Waals surface area (Å²) in [5.74, 6) is -0.486. The predicted octanol–water partition coefficient (Wildman–Crippen LogP) is 6.46. The van der Waals surface area contributed by atoms with Crippen molar-refractivity contribution in [1.29, 1.82) is 0 Å². The minimum absolute atomic E-state index is 0.0211. The van der Waals surface area contributed by atoms with Crippen LogP contribution in [0.5, 0.6) is 0 Å². The molecule has 2 N–H and O–H groups in total. The highest BCUT2D eigenvalue weighted by molar-refractivity contribution is 7.80. The summed E-state index contributed by atoms with van der Waals surface area (Å²) < 4.78 is 15.1. The van der Waals surface area contributed by atoms with Gasteiger partial charge in [0.15, 0.2) is 5.11 Å². The lowest BCUT2D eigenvalue weighted by molar-refractivity contribution is 0.628. The van der Waals surface area contributed by atoms with Gasteiger partial charge in [0, 0.05) is 15.7 Å². The molecule has 0 radical (unpaired) electrons. The van der Waals surface area contributed by atoms with Crippen LogP contribution in [0.1, 0.15) is 17.0 Å². The van der Waals surface area contributed by atoms with Crippen molar-refractivity contribution in [1.82, 2.24) is 9.78 Å². The molecule has 28 heavy (non-hydrogen) atoms. The van der Waals surface area contributed by atoms with Crippen molar-refractivity contribution in [3.63, 3.8) is 0 Å². The van der Waals surface area contributed by atoms with E-state index in [-0.39, 0.29) is 5.02 Å². The van der Waals surface area contributed by atoms with E-state index in [0.29, 0.717) is 27.4 Å². The Morgan fingerprint density at radius 2 is 1.82 bits per heavy atom. The van der Waals surface area contributed by atoms with Gasteiger partial charge in [-0.3, -0.25) is 4.68 Å². The monoisotopic (exact) mass is 456 g/mol. The van der Waals surface area contributed by atoms with Crippen LogP contribution in [-0.4, -0.2) is 14.9 Å². The van der Waals surface area contributed by atoms with E-state index in [4.69, 9.17) is 47.0 Å². The molecule has 0 saturated heterocycles. The van der Waals surface area contributed by atoms with E-state index in [1.165, 1.54) is 12.1 Å². The van der Waals surface area contributed by atoms with Crippen LogP contribution in [-0.2, 0) is 6.54 Å². The van der Waals surface area contributed by atoms with E-state index in [2.05, 4.69) is 15.7 Å². The van der Waals surface area contributed by atoms with E-state index in [0.717, 1.165) is 22.6 Å². The Kier molecular flexibility index (Phi) is 6.45. The number of anilines is 2. The first-order valence-corrected chi connectivity index (χ1v) is 9.80. The standard InChI is InChI=1S/C19H16Cl3FN4S/c1-10-18(25-19(28)24-14-5-6-17(23)16(22)8-14)11(2)27(26-10)9-12-3-4-13(20)7-15(12)21/h3-8H,9H2,1-2H3,(H2,24,25,28). The minimum Gasteiger partial charge on any atom is -0.332 e. The highest BCUT2D eigenvalue weighted by Gasteiger charge is 2.14. The van der Waals surface area contributed by atoms with Gasteiger partial charge in [-0.25, -0.2) is 4.39 Å². The summed E-state index contributed by atoms with van der Waals surface area (Å²) in [6.45, 7) is 4.31. The molecule has 9 heteroatoms. The van der Waals surface area contributed by atoms with Crippen molar-refractivity contribution < 1.29 is 4.39 Å². The average molecular weight is 458 g/mol. The zero-order chi connectivity index (χ0) is 20.4. The number of hydrogen-bond acceptors (Lipinski definition) is 2. The molecule has 3 rings (SSSR count). The quantitative estimate of drug-likeness (QED) is 0.441. The lowest BCUT2D eigenvalue weighted by Crippen LogP contribution is -2.20. The molecule has 2 aromatic carbocycles. The van der Waals surface area contributed by atoms with Gasteiger partial charge < -0.3 is 10.6 Å². The highest BCUT2D eigenvalue weighted by atomic mass is 35.5. The number of thiocarbonyl (C=S) groups is 1. The van der Waals surface area contributed by atoms with Gasteiger partial charge in [-0.2, -0.15) is 5.10 Å².